The van der Waals surface area contributed by atoms with Gasteiger partial charge >= 0.3 is 0 Å². The lowest BCUT2D eigenvalue weighted by molar-refractivity contribution is 0.602. The molecule has 0 saturated carbocycles. The van der Waals surface area contributed by atoms with Crippen LogP contribution in [0.5, 0.6) is 0 Å². The molecule has 1 unspecified atom stereocenters. The number of hydrogen-bond acceptors (Lipinski definition) is 6. The topological polar surface area (TPSA) is 84.0 Å². The third kappa shape index (κ3) is 4.28. The number of benzene rings is 1. The molecule has 0 radical (unpaired) electrons. The van der Waals surface area contributed by atoms with Gasteiger partial charge in [-0.2, -0.15) is 4.98 Å². The van der Waals surface area contributed by atoms with Crippen LogP contribution in [0.25, 0.3) is 0 Å². The highest BCUT2D eigenvalue weighted by atomic mass is 32.2. The average Bonchev–Trinajstić information content (AvgIpc) is 2.81. The van der Waals surface area contributed by atoms with Crippen molar-refractivity contribution in [3.63, 3.8) is 0 Å². The van der Waals surface area contributed by atoms with Crippen molar-refractivity contribution in [2.45, 2.75) is 40.2 Å². The van der Waals surface area contributed by atoms with Gasteiger partial charge in [-0.3, -0.25) is 0 Å². The van der Waals surface area contributed by atoms with Crippen LogP contribution in [0.2, 0.25) is 0 Å². The van der Waals surface area contributed by atoms with Gasteiger partial charge in [0.25, 0.3) is 0 Å². The summed E-state index contributed by atoms with van der Waals surface area (Å²) in [6, 6.07) is 6.02. The number of nitrogens with one attached hydrogen (secondary N) is 2. The molecule has 1 aromatic heterocycles. The van der Waals surface area contributed by atoms with E-state index < -0.39 is 9.84 Å². The Kier molecular flexibility index (Phi) is 4.69. The fourth-order valence-corrected chi connectivity index (χ4v) is 4.97. The minimum absolute atomic E-state index is 0.123. The second-order valence-corrected chi connectivity index (χ2v) is 9.09. The highest BCUT2D eigenvalue weighted by molar-refractivity contribution is 7.91. The number of rotatable bonds is 4. The molecular formula is C18H24N4O2S. The Morgan fingerprint density at radius 1 is 1.04 bits per heavy atom. The molecule has 1 atom stereocenters. The largest absolute Gasteiger partial charge is 0.350 e. The normalized spacial score (nSPS) is 19.0. The molecule has 3 rings (SSSR count). The summed E-state index contributed by atoms with van der Waals surface area (Å²) in [6.07, 6.45) is 0.596. The smallest absolute Gasteiger partial charge is 0.225 e. The molecule has 25 heavy (non-hydrogen) atoms. The van der Waals surface area contributed by atoms with E-state index in [9.17, 15) is 8.42 Å². The van der Waals surface area contributed by atoms with E-state index in [0.717, 1.165) is 22.5 Å². The summed E-state index contributed by atoms with van der Waals surface area (Å²) in [7, 11) is -2.93. The fraction of sp³-hybridized carbons (Fsp3) is 0.444. The molecule has 1 aliphatic heterocycles. The third-order valence-electron chi connectivity index (χ3n) is 4.35. The van der Waals surface area contributed by atoms with Crippen molar-refractivity contribution >= 4 is 27.3 Å². The van der Waals surface area contributed by atoms with Crippen LogP contribution in [-0.2, 0) is 9.84 Å². The van der Waals surface area contributed by atoms with Crippen LogP contribution in [-0.4, -0.2) is 35.9 Å². The molecule has 2 heterocycles. The summed E-state index contributed by atoms with van der Waals surface area (Å²) in [6.45, 7) is 8.12. The maximum atomic E-state index is 11.6. The van der Waals surface area contributed by atoms with Gasteiger partial charge in [-0.25, -0.2) is 13.4 Å². The molecule has 0 aliphatic carbocycles. The number of hydrogen-bond donors (Lipinski definition) is 2. The molecule has 134 valence electrons. The van der Waals surface area contributed by atoms with Gasteiger partial charge < -0.3 is 10.6 Å². The lowest BCUT2D eigenvalue weighted by Crippen LogP contribution is -2.22. The number of sulfone groups is 1. The van der Waals surface area contributed by atoms with Crippen LogP contribution >= 0.6 is 0 Å². The molecule has 0 spiro atoms. The maximum Gasteiger partial charge on any atom is 0.225 e. The maximum absolute atomic E-state index is 11.6. The number of nitrogens with zero attached hydrogens (tertiary/aromatic N) is 2. The predicted octanol–water partition coefficient (Wildman–Crippen LogP) is 3.05. The molecule has 7 heteroatoms. The van der Waals surface area contributed by atoms with Crippen molar-refractivity contribution in [1.29, 1.82) is 0 Å². The first-order chi connectivity index (χ1) is 11.7. The molecule has 0 amide bonds. The van der Waals surface area contributed by atoms with Crippen molar-refractivity contribution in [2.75, 3.05) is 22.1 Å². The molecule has 1 aromatic carbocycles. The van der Waals surface area contributed by atoms with Crippen molar-refractivity contribution in [1.82, 2.24) is 9.97 Å². The van der Waals surface area contributed by atoms with Gasteiger partial charge in [-0.15, -0.1) is 0 Å². The Balaban J connectivity index is 1.83. The number of aromatic nitrogens is 2. The Morgan fingerprint density at radius 2 is 1.72 bits per heavy atom. The van der Waals surface area contributed by atoms with E-state index in [1.165, 1.54) is 5.56 Å². The first kappa shape index (κ1) is 17.7. The first-order valence-corrected chi connectivity index (χ1v) is 10.2. The zero-order chi connectivity index (χ0) is 18.2. The van der Waals surface area contributed by atoms with Crippen molar-refractivity contribution in [3.05, 3.63) is 40.6 Å². The number of aryl methyl sites for hydroxylation is 4. The van der Waals surface area contributed by atoms with E-state index in [2.05, 4.69) is 53.5 Å². The van der Waals surface area contributed by atoms with Crippen molar-refractivity contribution in [2.24, 2.45) is 0 Å². The lowest BCUT2D eigenvalue weighted by atomic mass is 10.1. The third-order valence-corrected chi connectivity index (χ3v) is 6.12. The van der Waals surface area contributed by atoms with Crippen LogP contribution in [0.3, 0.4) is 0 Å². The van der Waals surface area contributed by atoms with Crippen LogP contribution in [0.1, 0.15) is 28.8 Å². The first-order valence-electron chi connectivity index (χ1n) is 8.39. The molecule has 1 saturated heterocycles. The minimum atomic E-state index is -2.93. The Morgan fingerprint density at radius 3 is 2.32 bits per heavy atom. The summed E-state index contributed by atoms with van der Waals surface area (Å²) in [5.74, 6) is 1.53. The van der Waals surface area contributed by atoms with E-state index in [-0.39, 0.29) is 17.5 Å². The molecule has 2 aromatic rings. The summed E-state index contributed by atoms with van der Waals surface area (Å²) < 4.78 is 23.2. The zero-order valence-electron chi connectivity index (χ0n) is 15.0. The quantitative estimate of drug-likeness (QED) is 0.872. The van der Waals surface area contributed by atoms with Gasteiger partial charge in [0.05, 0.1) is 11.5 Å². The second-order valence-electron chi connectivity index (χ2n) is 6.86. The summed E-state index contributed by atoms with van der Waals surface area (Å²) in [5, 5.41) is 6.54. The van der Waals surface area contributed by atoms with Crippen molar-refractivity contribution in [3.8, 4) is 0 Å². The van der Waals surface area contributed by atoms with Crippen LogP contribution in [0.4, 0.5) is 17.5 Å². The SMILES string of the molecule is Cc1cc(C)c(Nc2cc(C)nc(NC3CCS(=O)(=O)C3)n2)c(C)c1. The van der Waals surface area contributed by atoms with E-state index in [0.29, 0.717) is 18.2 Å². The second kappa shape index (κ2) is 6.63. The van der Waals surface area contributed by atoms with Crippen LogP contribution in [0.15, 0.2) is 18.2 Å². The Bertz CT molecular complexity index is 886. The van der Waals surface area contributed by atoms with Gasteiger partial charge in [-0.05, 0) is 45.2 Å². The van der Waals surface area contributed by atoms with E-state index in [4.69, 9.17) is 0 Å². The van der Waals surface area contributed by atoms with Gasteiger partial charge in [-0.1, -0.05) is 17.7 Å². The minimum Gasteiger partial charge on any atom is -0.350 e. The molecule has 1 aliphatic rings. The van der Waals surface area contributed by atoms with Crippen LogP contribution < -0.4 is 10.6 Å². The average molecular weight is 360 g/mol. The number of anilines is 3. The summed E-state index contributed by atoms with van der Waals surface area (Å²) in [5.41, 5.74) is 5.40. The molecule has 1 fully saturated rings. The summed E-state index contributed by atoms with van der Waals surface area (Å²) in [4.78, 5) is 8.91. The highest BCUT2D eigenvalue weighted by Crippen LogP contribution is 2.26. The van der Waals surface area contributed by atoms with Gasteiger partial charge in [0.15, 0.2) is 9.84 Å². The van der Waals surface area contributed by atoms with E-state index in [1.807, 2.05) is 13.0 Å². The highest BCUT2D eigenvalue weighted by Gasteiger charge is 2.28. The van der Waals surface area contributed by atoms with E-state index >= 15 is 0 Å². The van der Waals surface area contributed by atoms with Gasteiger partial charge in [0.2, 0.25) is 5.95 Å². The predicted molar refractivity (Wildman–Crippen MR) is 101 cm³/mol. The zero-order valence-corrected chi connectivity index (χ0v) is 15.9. The monoisotopic (exact) mass is 360 g/mol. The van der Waals surface area contributed by atoms with E-state index in [1.54, 1.807) is 0 Å². The Labute approximate surface area is 149 Å². The lowest BCUT2D eigenvalue weighted by Gasteiger charge is -2.16. The summed E-state index contributed by atoms with van der Waals surface area (Å²) >= 11 is 0. The van der Waals surface area contributed by atoms with Gasteiger partial charge in [0, 0.05) is 23.5 Å². The Hall–Kier alpha value is -2.15. The standard InChI is InChI=1S/C18H24N4O2S/c1-11-7-12(2)17(13(3)8-11)21-16-9-14(4)19-18(22-16)20-15-5-6-25(23,24)10-15/h7-9,15H,5-6,10H2,1-4H3,(H2,19,20,21,22). The molecule has 2 N–H and O–H groups in total. The molecule has 6 nitrogen and oxygen atoms in total. The molecule has 0 bridgehead atoms. The molecular weight excluding hydrogens is 336 g/mol. The fourth-order valence-electron chi connectivity index (χ4n) is 3.29. The van der Waals surface area contributed by atoms with Gasteiger partial charge in [0.1, 0.15) is 5.82 Å². The van der Waals surface area contributed by atoms with Crippen molar-refractivity contribution < 1.29 is 8.42 Å². The van der Waals surface area contributed by atoms with Crippen LogP contribution in [0, 0.1) is 27.7 Å².